The topological polar surface area (TPSA) is 61.9 Å². The van der Waals surface area contributed by atoms with Crippen LogP contribution in [0.5, 0.6) is 0 Å². The molecule has 2 aromatic rings. The number of rotatable bonds is 4. The summed E-state index contributed by atoms with van der Waals surface area (Å²) < 4.78 is 5.05. The van der Waals surface area contributed by atoms with Gasteiger partial charge in [0, 0.05) is 16.8 Å². The van der Waals surface area contributed by atoms with Crippen LogP contribution in [0.25, 0.3) is 0 Å². The quantitative estimate of drug-likeness (QED) is 0.599. The Kier molecular flexibility index (Phi) is 6.72. The molecular weight excluding hydrogens is 426 g/mol. The molecule has 4 rings (SSSR count). The van der Waals surface area contributed by atoms with Crippen LogP contribution in [-0.2, 0) is 22.4 Å². The highest BCUT2D eigenvalue weighted by molar-refractivity contribution is 6.04. The number of carbonyl (C=O) groups excluding carboxylic acids is 2. The highest BCUT2D eigenvalue weighted by atomic mass is 16.5. The number of piperidine rings is 1. The van der Waals surface area contributed by atoms with E-state index in [0.29, 0.717) is 18.8 Å². The minimum atomic E-state index is -0.494. The Hall–Kier alpha value is -2.86. The molecule has 1 saturated heterocycles. The van der Waals surface area contributed by atoms with Crippen molar-refractivity contribution in [1.82, 2.24) is 4.90 Å². The van der Waals surface area contributed by atoms with Gasteiger partial charge in [0.2, 0.25) is 5.91 Å². The second-order valence-corrected chi connectivity index (χ2v) is 10.6. The number of nitrogens with one attached hydrogen (secondary N) is 1. The molecule has 0 unspecified atom stereocenters. The Labute approximate surface area is 203 Å². The predicted octanol–water partition coefficient (Wildman–Crippen LogP) is 6.06. The standard InChI is InChI=1S/C28H37N3O3/c1-6-34-26(33)29-22-15-14-21-13-12-20-10-7-8-11-23(20)31(24(21)18-22)25(32)19-30-27(2,3)16-9-17-28(30,4)5/h7-8,10-11,14-15,18H,6,9,12-13,16-17,19H2,1-5H3,(H,29,33). The molecule has 34 heavy (non-hydrogen) atoms. The number of nitrogens with zero attached hydrogens (tertiary/aromatic N) is 2. The number of fused-ring (bicyclic) bond motifs is 2. The van der Waals surface area contributed by atoms with Gasteiger partial charge in [0.1, 0.15) is 0 Å². The molecule has 0 aromatic heterocycles. The highest BCUT2D eigenvalue weighted by Gasteiger charge is 2.43. The normalized spacial score (nSPS) is 18.9. The van der Waals surface area contributed by atoms with Crippen molar-refractivity contribution in [2.24, 2.45) is 0 Å². The second-order valence-electron chi connectivity index (χ2n) is 10.6. The molecule has 0 spiro atoms. The maximum atomic E-state index is 14.1. The van der Waals surface area contributed by atoms with Gasteiger partial charge in [0.15, 0.2) is 0 Å². The second kappa shape index (κ2) is 9.41. The van der Waals surface area contributed by atoms with E-state index in [-0.39, 0.29) is 17.0 Å². The lowest BCUT2D eigenvalue weighted by molar-refractivity contribution is -0.125. The number of anilines is 3. The molecular formula is C28H37N3O3. The summed E-state index contributed by atoms with van der Waals surface area (Å²) in [5, 5.41) is 2.79. The van der Waals surface area contributed by atoms with E-state index in [2.05, 4.69) is 44.0 Å². The van der Waals surface area contributed by atoms with Gasteiger partial charge >= 0.3 is 6.09 Å². The van der Waals surface area contributed by atoms with E-state index >= 15 is 0 Å². The first-order chi connectivity index (χ1) is 16.1. The summed E-state index contributed by atoms with van der Waals surface area (Å²) in [7, 11) is 0. The van der Waals surface area contributed by atoms with Crippen molar-refractivity contribution >= 4 is 29.1 Å². The Morgan fingerprint density at radius 1 is 0.941 bits per heavy atom. The molecule has 1 fully saturated rings. The monoisotopic (exact) mass is 463 g/mol. The number of aryl methyl sites for hydroxylation is 2. The van der Waals surface area contributed by atoms with Crippen molar-refractivity contribution in [1.29, 1.82) is 0 Å². The van der Waals surface area contributed by atoms with E-state index in [1.807, 2.05) is 41.3 Å². The Morgan fingerprint density at radius 2 is 1.59 bits per heavy atom. The van der Waals surface area contributed by atoms with Gasteiger partial charge in [-0.15, -0.1) is 0 Å². The van der Waals surface area contributed by atoms with Crippen LogP contribution < -0.4 is 10.2 Å². The van der Waals surface area contributed by atoms with E-state index < -0.39 is 6.09 Å². The summed E-state index contributed by atoms with van der Waals surface area (Å²) >= 11 is 0. The maximum absolute atomic E-state index is 14.1. The first-order valence-electron chi connectivity index (χ1n) is 12.4. The van der Waals surface area contributed by atoms with Gasteiger partial charge in [-0.3, -0.25) is 19.9 Å². The third kappa shape index (κ3) is 4.83. The van der Waals surface area contributed by atoms with E-state index in [4.69, 9.17) is 4.74 Å². The summed E-state index contributed by atoms with van der Waals surface area (Å²) in [6.07, 6.45) is 4.51. The van der Waals surface area contributed by atoms with Crippen LogP contribution in [0.1, 0.15) is 65.0 Å². The van der Waals surface area contributed by atoms with E-state index in [1.54, 1.807) is 6.92 Å². The fourth-order valence-corrected chi connectivity index (χ4v) is 5.63. The lowest BCUT2D eigenvalue weighted by Crippen LogP contribution is -2.61. The zero-order valence-electron chi connectivity index (χ0n) is 21.1. The molecule has 0 atom stereocenters. The molecule has 0 saturated carbocycles. The van der Waals surface area contributed by atoms with Gasteiger partial charge in [-0.25, -0.2) is 4.79 Å². The van der Waals surface area contributed by atoms with Crippen LogP contribution in [0, 0.1) is 0 Å². The first-order valence-corrected chi connectivity index (χ1v) is 12.4. The third-order valence-corrected chi connectivity index (χ3v) is 7.33. The summed E-state index contributed by atoms with van der Waals surface area (Å²) in [5.74, 6) is 0.0481. The molecule has 0 aliphatic carbocycles. The predicted molar refractivity (Wildman–Crippen MR) is 137 cm³/mol. The van der Waals surface area contributed by atoms with E-state index in [1.165, 1.54) is 6.42 Å². The van der Waals surface area contributed by atoms with Gasteiger partial charge in [-0.2, -0.15) is 0 Å². The number of amides is 2. The zero-order chi connectivity index (χ0) is 24.5. The Morgan fingerprint density at radius 3 is 2.26 bits per heavy atom. The van der Waals surface area contributed by atoms with Crippen LogP contribution in [0.4, 0.5) is 21.9 Å². The van der Waals surface area contributed by atoms with Crippen molar-refractivity contribution < 1.29 is 14.3 Å². The molecule has 6 heteroatoms. The van der Waals surface area contributed by atoms with E-state index in [0.717, 1.165) is 48.2 Å². The molecule has 2 aliphatic heterocycles. The molecule has 2 heterocycles. The summed E-state index contributed by atoms with van der Waals surface area (Å²) in [4.78, 5) is 30.4. The van der Waals surface area contributed by atoms with Crippen LogP contribution in [-0.4, -0.2) is 41.1 Å². The highest BCUT2D eigenvalue weighted by Crippen LogP contribution is 2.41. The zero-order valence-corrected chi connectivity index (χ0v) is 21.1. The number of ether oxygens (including phenoxy) is 1. The van der Waals surface area contributed by atoms with Gasteiger partial charge in [-0.1, -0.05) is 24.3 Å². The molecule has 2 aromatic carbocycles. The minimum Gasteiger partial charge on any atom is -0.450 e. The summed E-state index contributed by atoms with van der Waals surface area (Å²) in [5.41, 5.74) is 4.51. The van der Waals surface area contributed by atoms with Crippen molar-refractivity contribution in [3.05, 3.63) is 53.6 Å². The summed E-state index contributed by atoms with van der Waals surface area (Å²) in [6.45, 7) is 11.4. The van der Waals surface area contributed by atoms with Crippen LogP contribution in [0.3, 0.4) is 0 Å². The minimum absolute atomic E-state index is 0.0481. The van der Waals surface area contributed by atoms with Crippen molar-refractivity contribution in [2.75, 3.05) is 23.4 Å². The number of para-hydroxylation sites is 1. The lowest BCUT2D eigenvalue weighted by Gasteiger charge is -2.53. The van der Waals surface area contributed by atoms with Crippen LogP contribution in [0.15, 0.2) is 42.5 Å². The molecule has 182 valence electrons. The van der Waals surface area contributed by atoms with Crippen LogP contribution in [0.2, 0.25) is 0 Å². The molecule has 2 aliphatic rings. The largest absolute Gasteiger partial charge is 0.450 e. The van der Waals surface area contributed by atoms with E-state index in [9.17, 15) is 9.59 Å². The Bertz CT molecular complexity index is 1060. The fourth-order valence-electron chi connectivity index (χ4n) is 5.63. The number of likely N-dealkylation sites (tertiary alicyclic amines) is 1. The summed E-state index contributed by atoms with van der Waals surface area (Å²) in [6, 6.07) is 13.9. The lowest BCUT2D eigenvalue weighted by atomic mass is 9.80. The molecule has 0 bridgehead atoms. The molecule has 2 amide bonds. The number of benzene rings is 2. The van der Waals surface area contributed by atoms with Gasteiger partial charge < -0.3 is 4.74 Å². The third-order valence-electron chi connectivity index (χ3n) is 7.33. The SMILES string of the molecule is CCOC(=O)Nc1ccc2c(c1)N(C(=O)CN1C(C)(C)CCCC1(C)C)c1ccccc1CC2. The number of carbonyl (C=O) groups is 2. The van der Waals surface area contributed by atoms with Gasteiger partial charge in [0.25, 0.3) is 0 Å². The van der Waals surface area contributed by atoms with Gasteiger partial charge in [0.05, 0.1) is 24.5 Å². The molecule has 0 radical (unpaired) electrons. The molecule has 1 N–H and O–H groups in total. The van der Waals surface area contributed by atoms with Crippen molar-refractivity contribution in [3.8, 4) is 0 Å². The van der Waals surface area contributed by atoms with Crippen LogP contribution >= 0.6 is 0 Å². The van der Waals surface area contributed by atoms with Gasteiger partial charge in [-0.05, 0) is 96.0 Å². The van der Waals surface area contributed by atoms with Crippen molar-refractivity contribution in [2.45, 2.75) is 77.8 Å². The smallest absolute Gasteiger partial charge is 0.411 e. The maximum Gasteiger partial charge on any atom is 0.411 e. The Balaban J connectivity index is 1.75. The average molecular weight is 464 g/mol. The average Bonchev–Trinajstić information content (AvgIpc) is 2.92. The van der Waals surface area contributed by atoms with Crippen molar-refractivity contribution in [3.63, 3.8) is 0 Å². The number of hydrogen-bond donors (Lipinski definition) is 1. The first kappa shape index (κ1) is 24.3. The fraction of sp³-hybridized carbons (Fsp3) is 0.500. The number of hydrogen-bond acceptors (Lipinski definition) is 4. The molecule has 6 nitrogen and oxygen atoms in total.